The zero-order valence-corrected chi connectivity index (χ0v) is 13.0. The molecule has 0 aliphatic carbocycles. The number of amides is 1. The van der Waals surface area contributed by atoms with Crippen LogP contribution in [0.15, 0.2) is 12.4 Å². The first-order valence-corrected chi connectivity index (χ1v) is 8.81. The lowest BCUT2D eigenvalue weighted by Crippen LogP contribution is -2.35. The summed E-state index contributed by atoms with van der Waals surface area (Å²) in [7, 11) is -3.00. The number of hydrogen-bond acceptors (Lipinski definition) is 6. The highest BCUT2D eigenvalue weighted by atomic mass is 32.2. The fourth-order valence-electron chi connectivity index (χ4n) is 2.02. The highest BCUT2D eigenvalue weighted by molar-refractivity contribution is 7.91. The van der Waals surface area contributed by atoms with Crippen LogP contribution in [0.4, 0.5) is 5.95 Å². The molecule has 0 aromatic carbocycles. The molecule has 7 nitrogen and oxygen atoms in total. The summed E-state index contributed by atoms with van der Waals surface area (Å²) in [5, 5.41) is 5.81. The highest BCUT2D eigenvalue weighted by Gasteiger charge is 2.29. The van der Waals surface area contributed by atoms with Crippen LogP contribution in [0.25, 0.3) is 0 Å². The summed E-state index contributed by atoms with van der Waals surface area (Å²) in [6.07, 6.45) is 4.29. The minimum Gasteiger partial charge on any atom is -0.352 e. The van der Waals surface area contributed by atoms with Crippen LogP contribution in [0.5, 0.6) is 0 Å². The molecule has 21 heavy (non-hydrogen) atoms. The van der Waals surface area contributed by atoms with Crippen molar-refractivity contribution < 1.29 is 13.2 Å². The Balaban J connectivity index is 1.94. The molecule has 1 aliphatic rings. The second-order valence-corrected chi connectivity index (χ2v) is 7.55. The first kappa shape index (κ1) is 15.7. The van der Waals surface area contributed by atoms with Crippen molar-refractivity contribution in [1.82, 2.24) is 15.3 Å². The number of hydrogen-bond donors (Lipinski definition) is 2. The van der Waals surface area contributed by atoms with Crippen molar-refractivity contribution in [3.05, 3.63) is 18.0 Å². The molecule has 116 valence electrons. The second-order valence-electron chi connectivity index (χ2n) is 5.32. The predicted molar refractivity (Wildman–Crippen MR) is 79.9 cm³/mol. The number of nitrogens with zero attached hydrogens (tertiary/aromatic N) is 2. The third kappa shape index (κ3) is 4.38. The van der Waals surface area contributed by atoms with Crippen molar-refractivity contribution in [2.75, 3.05) is 16.8 Å². The van der Waals surface area contributed by atoms with Gasteiger partial charge in [-0.3, -0.25) is 4.79 Å². The molecule has 1 aliphatic heterocycles. The standard InChI is InChI=1S/C13H20N4O3S/c1-3-9(2)16-13-14-6-10(7-15-13)12(18)17-11-4-5-21(19,20)8-11/h6-7,9,11H,3-5,8H2,1-2H3,(H,17,18)(H,14,15,16). The first-order valence-electron chi connectivity index (χ1n) is 6.99. The smallest absolute Gasteiger partial charge is 0.254 e. The molecule has 2 N–H and O–H groups in total. The molecule has 1 fully saturated rings. The Labute approximate surface area is 124 Å². The van der Waals surface area contributed by atoms with Crippen LogP contribution >= 0.6 is 0 Å². The van der Waals surface area contributed by atoms with Gasteiger partial charge in [0.05, 0.1) is 17.1 Å². The summed E-state index contributed by atoms with van der Waals surface area (Å²) in [6, 6.07) is -0.0613. The number of nitrogens with one attached hydrogen (secondary N) is 2. The lowest BCUT2D eigenvalue weighted by atomic mass is 10.2. The molecule has 1 aromatic heterocycles. The Morgan fingerprint density at radius 2 is 2.10 bits per heavy atom. The number of carbonyl (C=O) groups excluding carboxylic acids is 1. The number of rotatable bonds is 5. The maximum absolute atomic E-state index is 12.0. The van der Waals surface area contributed by atoms with Gasteiger partial charge in [0.15, 0.2) is 9.84 Å². The van der Waals surface area contributed by atoms with E-state index in [-0.39, 0.29) is 29.5 Å². The minimum atomic E-state index is -3.00. The zero-order valence-electron chi connectivity index (χ0n) is 12.2. The van der Waals surface area contributed by atoms with Crippen LogP contribution in [-0.2, 0) is 9.84 Å². The van der Waals surface area contributed by atoms with Crippen molar-refractivity contribution >= 4 is 21.7 Å². The van der Waals surface area contributed by atoms with Crippen LogP contribution < -0.4 is 10.6 Å². The van der Waals surface area contributed by atoms with Gasteiger partial charge in [-0.05, 0) is 19.8 Å². The second kappa shape index (κ2) is 6.38. The molecule has 1 aromatic rings. The van der Waals surface area contributed by atoms with E-state index in [1.54, 1.807) is 0 Å². The Kier molecular flexibility index (Phi) is 4.76. The topological polar surface area (TPSA) is 101 Å². The highest BCUT2D eigenvalue weighted by Crippen LogP contribution is 2.12. The lowest BCUT2D eigenvalue weighted by molar-refractivity contribution is 0.0940. The summed E-state index contributed by atoms with van der Waals surface area (Å²) < 4.78 is 22.7. The Morgan fingerprint density at radius 1 is 1.43 bits per heavy atom. The van der Waals surface area contributed by atoms with E-state index in [4.69, 9.17) is 0 Å². The van der Waals surface area contributed by atoms with Crippen molar-refractivity contribution in [1.29, 1.82) is 0 Å². The summed E-state index contributed by atoms with van der Waals surface area (Å²) in [4.78, 5) is 20.2. The minimum absolute atomic E-state index is 0.00719. The predicted octanol–water partition coefficient (Wildman–Crippen LogP) is 0.604. The van der Waals surface area contributed by atoms with Crippen LogP contribution in [0.1, 0.15) is 37.0 Å². The van der Waals surface area contributed by atoms with E-state index in [0.717, 1.165) is 6.42 Å². The van der Waals surface area contributed by atoms with Crippen LogP contribution in [0.3, 0.4) is 0 Å². The third-order valence-corrected chi connectivity index (χ3v) is 5.24. The van der Waals surface area contributed by atoms with Gasteiger partial charge in [-0.1, -0.05) is 6.92 Å². The van der Waals surface area contributed by atoms with Crippen molar-refractivity contribution in [2.24, 2.45) is 0 Å². The van der Waals surface area contributed by atoms with Gasteiger partial charge in [0.1, 0.15) is 0 Å². The van der Waals surface area contributed by atoms with E-state index in [1.165, 1.54) is 12.4 Å². The molecule has 0 spiro atoms. The molecule has 0 bridgehead atoms. The molecule has 2 unspecified atom stereocenters. The molecular weight excluding hydrogens is 292 g/mol. The SMILES string of the molecule is CCC(C)Nc1ncc(C(=O)NC2CCS(=O)(=O)C2)cn1. The van der Waals surface area contributed by atoms with Gasteiger partial charge in [0.25, 0.3) is 5.91 Å². The fourth-order valence-corrected chi connectivity index (χ4v) is 3.69. The van der Waals surface area contributed by atoms with E-state index in [9.17, 15) is 13.2 Å². The van der Waals surface area contributed by atoms with Gasteiger partial charge in [-0.25, -0.2) is 18.4 Å². The molecular formula is C13H20N4O3S. The van der Waals surface area contributed by atoms with E-state index >= 15 is 0 Å². The van der Waals surface area contributed by atoms with Crippen LogP contribution in [0, 0.1) is 0 Å². The number of sulfone groups is 1. The van der Waals surface area contributed by atoms with Crippen LogP contribution in [0.2, 0.25) is 0 Å². The zero-order chi connectivity index (χ0) is 15.5. The maximum Gasteiger partial charge on any atom is 0.254 e. The monoisotopic (exact) mass is 312 g/mol. The normalized spacial score (nSPS) is 21.7. The Bertz CT molecular complexity index is 600. The molecule has 8 heteroatoms. The Morgan fingerprint density at radius 3 is 2.62 bits per heavy atom. The molecule has 2 rings (SSSR count). The van der Waals surface area contributed by atoms with Crippen molar-refractivity contribution in [3.8, 4) is 0 Å². The first-order chi connectivity index (χ1) is 9.89. The fraction of sp³-hybridized carbons (Fsp3) is 0.615. The maximum atomic E-state index is 12.0. The average Bonchev–Trinajstić information content (AvgIpc) is 2.78. The number of anilines is 1. The quantitative estimate of drug-likeness (QED) is 0.826. The molecule has 2 heterocycles. The van der Waals surface area contributed by atoms with Gasteiger partial charge in [0.2, 0.25) is 5.95 Å². The molecule has 1 saturated heterocycles. The largest absolute Gasteiger partial charge is 0.352 e. The van der Waals surface area contributed by atoms with Crippen molar-refractivity contribution in [2.45, 2.75) is 38.8 Å². The molecule has 0 saturated carbocycles. The van der Waals surface area contributed by atoms with Crippen LogP contribution in [-0.4, -0.2) is 47.9 Å². The molecule has 1 amide bonds. The van der Waals surface area contributed by atoms with Gasteiger partial charge < -0.3 is 10.6 Å². The number of carbonyl (C=O) groups is 1. The van der Waals surface area contributed by atoms with Gasteiger partial charge in [-0.15, -0.1) is 0 Å². The molecule has 0 radical (unpaired) electrons. The van der Waals surface area contributed by atoms with E-state index < -0.39 is 9.84 Å². The Hall–Kier alpha value is -1.70. The number of aromatic nitrogens is 2. The average molecular weight is 312 g/mol. The summed E-state index contributed by atoms with van der Waals surface area (Å²) >= 11 is 0. The summed E-state index contributed by atoms with van der Waals surface area (Å²) in [5.41, 5.74) is 0.328. The lowest BCUT2D eigenvalue weighted by Gasteiger charge is -2.12. The third-order valence-electron chi connectivity index (χ3n) is 3.47. The van der Waals surface area contributed by atoms with Gasteiger partial charge >= 0.3 is 0 Å². The summed E-state index contributed by atoms with van der Waals surface area (Å²) in [5.74, 6) is 0.274. The molecule has 2 atom stereocenters. The van der Waals surface area contributed by atoms with E-state index in [1.807, 2.05) is 6.92 Å². The van der Waals surface area contributed by atoms with Crippen molar-refractivity contribution in [3.63, 3.8) is 0 Å². The van der Waals surface area contributed by atoms with E-state index in [2.05, 4.69) is 27.5 Å². The van der Waals surface area contributed by atoms with Gasteiger partial charge in [0, 0.05) is 24.5 Å². The van der Waals surface area contributed by atoms with Gasteiger partial charge in [-0.2, -0.15) is 0 Å². The summed E-state index contributed by atoms with van der Waals surface area (Å²) in [6.45, 7) is 4.07. The van der Waals surface area contributed by atoms with E-state index in [0.29, 0.717) is 17.9 Å².